The third-order valence-corrected chi connectivity index (χ3v) is 2.97. The summed E-state index contributed by atoms with van der Waals surface area (Å²) < 4.78 is 5.46. The summed E-state index contributed by atoms with van der Waals surface area (Å²) in [5.41, 5.74) is 0. The molecular formula is C11H16ClN3O. The van der Waals surface area contributed by atoms with E-state index in [2.05, 4.69) is 15.3 Å². The summed E-state index contributed by atoms with van der Waals surface area (Å²) >= 11 is 5.73. The topological polar surface area (TPSA) is 47.0 Å². The fourth-order valence-electron chi connectivity index (χ4n) is 1.88. The number of aromatic nitrogens is 2. The smallest absolute Gasteiger partial charge is 0.317 e. The highest BCUT2D eigenvalue weighted by Crippen LogP contribution is 2.14. The number of ether oxygens (including phenoxy) is 1. The maximum atomic E-state index is 5.73. The van der Waals surface area contributed by atoms with Crippen LogP contribution in [-0.4, -0.2) is 29.7 Å². The van der Waals surface area contributed by atoms with E-state index >= 15 is 0 Å². The van der Waals surface area contributed by atoms with Gasteiger partial charge in [-0.3, -0.25) is 0 Å². The van der Waals surface area contributed by atoms with Crippen LogP contribution in [0.3, 0.4) is 0 Å². The number of halogens is 1. The summed E-state index contributed by atoms with van der Waals surface area (Å²) in [5, 5.41) is 3.81. The molecule has 1 aromatic rings. The third-order valence-electron chi connectivity index (χ3n) is 2.76. The van der Waals surface area contributed by atoms with Crippen LogP contribution in [0.5, 0.6) is 6.01 Å². The molecule has 0 amide bonds. The second-order valence-electron chi connectivity index (χ2n) is 4.01. The zero-order chi connectivity index (χ0) is 11.2. The molecule has 0 aliphatic carbocycles. The molecule has 0 unspecified atom stereocenters. The highest BCUT2D eigenvalue weighted by Gasteiger charge is 2.12. The molecule has 0 spiro atoms. The predicted molar refractivity (Wildman–Crippen MR) is 62.7 cm³/mol. The van der Waals surface area contributed by atoms with Gasteiger partial charge in [0.1, 0.15) is 5.15 Å². The van der Waals surface area contributed by atoms with Gasteiger partial charge < -0.3 is 10.1 Å². The molecule has 1 atom stereocenters. The molecule has 0 radical (unpaired) electrons. The Labute approximate surface area is 100 Å². The highest BCUT2D eigenvalue weighted by molar-refractivity contribution is 6.29. The standard InChI is InChI=1S/C11H16ClN3O/c12-10-3-6-14-11(15-10)16-7-4-9-2-1-5-13-8-9/h3,6,9,13H,1-2,4-5,7-8H2/t9-/m0/s1. The van der Waals surface area contributed by atoms with Crippen molar-refractivity contribution in [1.82, 2.24) is 15.3 Å². The third kappa shape index (κ3) is 3.61. The fourth-order valence-corrected chi connectivity index (χ4v) is 2.01. The van der Waals surface area contributed by atoms with E-state index in [1.54, 1.807) is 12.3 Å². The normalized spacial score (nSPS) is 20.7. The van der Waals surface area contributed by atoms with Gasteiger partial charge in [0.25, 0.3) is 0 Å². The van der Waals surface area contributed by atoms with E-state index < -0.39 is 0 Å². The first kappa shape index (κ1) is 11.6. The minimum absolute atomic E-state index is 0.372. The zero-order valence-corrected chi connectivity index (χ0v) is 9.91. The van der Waals surface area contributed by atoms with Gasteiger partial charge in [-0.1, -0.05) is 11.6 Å². The van der Waals surface area contributed by atoms with Crippen LogP contribution in [0.1, 0.15) is 19.3 Å². The van der Waals surface area contributed by atoms with Gasteiger partial charge >= 0.3 is 6.01 Å². The van der Waals surface area contributed by atoms with Crippen molar-refractivity contribution in [3.05, 3.63) is 17.4 Å². The Morgan fingerprint density at radius 2 is 2.50 bits per heavy atom. The predicted octanol–water partition coefficient (Wildman–Crippen LogP) is 1.90. The van der Waals surface area contributed by atoms with E-state index in [-0.39, 0.29) is 0 Å². The van der Waals surface area contributed by atoms with Gasteiger partial charge in [-0.15, -0.1) is 0 Å². The van der Waals surface area contributed by atoms with Crippen molar-refractivity contribution in [2.75, 3.05) is 19.7 Å². The van der Waals surface area contributed by atoms with Gasteiger partial charge in [-0.25, -0.2) is 4.98 Å². The van der Waals surface area contributed by atoms with Crippen LogP contribution in [0.25, 0.3) is 0 Å². The molecule has 1 aromatic heterocycles. The lowest BCUT2D eigenvalue weighted by Crippen LogP contribution is -2.30. The van der Waals surface area contributed by atoms with E-state index in [4.69, 9.17) is 16.3 Å². The lowest BCUT2D eigenvalue weighted by Gasteiger charge is -2.22. The molecule has 88 valence electrons. The maximum absolute atomic E-state index is 5.73. The number of hydrogen-bond acceptors (Lipinski definition) is 4. The van der Waals surface area contributed by atoms with Crippen LogP contribution >= 0.6 is 11.6 Å². The summed E-state index contributed by atoms with van der Waals surface area (Å²) in [5.74, 6) is 0.716. The number of piperidine rings is 1. The molecule has 0 aromatic carbocycles. The second-order valence-corrected chi connectivity index (χ2v) is 4.40. The molecule has 1 fully saturated rings. The number of nitrogens with one attached hydrogen (secondary N) is 1. The molecule has 2 rings (SSSR count). The molecule has 1 aliphatic heterocycles. The fraction of sp³-hybridized carbons (Fsp3) is 0.636. The lowest BCUT2D eigenvalue weighted by molar-refractivity contribution is 0.240. The van der Waals surface area contributed by atoms with E-state index in [1.165, 1.54) is 12.8 Å². The molecule has 1 saturated heterocycles. The largest absolute Gasteiger partial charge is 0.463 e. The van der Waals surface area contributed by atoms with Gasteiger partial charge in [0.05, 0.1) is 6.61 Å². The Morgan fingerprint density at radius 1 is 1.56 bits per heavy atom. The van der Waals surface area contributed by atoms with Gasteiger partial charge in [-0.05, 0) is 44.3 Å². The number of hydrogen-bond donors (Lipinski definition) is 1. The van der Waals surface area contributed by atoms with Crippen LogP contribution in [-0.2, 0) is 0 Å². The van der Waals surface area contributed by atoms with Crippen molar-refractivity contribution >= 4 is 11.6 Å². The van der Waals surface area contributed by atoms with Crippen LogP contribution < -0.4 is 10.1 Å². The Kier molecular flexibility index (Phi) is 4.36. The van der Waals surface area contributed by atoms with E-state index in [0.29, 0.717) is 23.7 Å². The summed E-state index contributed by atoms with van der Waals surface area (Å²) in [7, 11) is 0. The summed E-state index contributed by atoms with van der Waals surface area (Å²) in [6.07, 6.45) is 5.20. The molecule has 2 heterocycles. The molecule has 16 heavy (non-hydrogen) atoms. The van der Waals surface area contributed by atoms with Gasteiger partial charge in [0, 0.05) is 6.20 Å². The highest BCUT2D eigenvalue weighted by atomic mass is 35.5. The zero-order valence-electron chi connectivity index (χ0n) is 9.16. The van der Waals surface area contributed by atoms with Crippen molar-refractivity contribution in [2.24, 2.45) is 5.92 Å². The quantitative estimate of drug-likeness (QED) is 0.818. The van der Waals surface area contributed by atoms with Crippen LogP contribution in [0.15, 0.2) is 12.3 Å². The first-order valence-corrected chi connectivity index (χ1v) is 6.04. The first-order chi connectivity index (χ1) is 7.84. The second kappa shape index (κ2) is 6.01. The minimum Gasteiger partial charge on any atom is -0.463 e. The summed E-state index contributed by atoms with van der Waals surface area (Å²) in [6.45, 7) is 2.90. The molecular weight excluding hydrogens is 226 g/mol. The monoisotopic (exact) mass is 241 g/mol. The van der Waals surface area contributed by atoms with E-state index in [0.717, 1.165) is 19.5 Å². The Hall–Kier alpha value is -0.870. The van der Waals surface area contributed by atoms with Crippen molar-refractivity contribution in [1.29, 1.82) is 0 Å². The molecule has 0 bridgehead atoms. The summed E-state index contributed by atoms with van der Waals surface area (Å²) in [6, 6.07) is 2.01. The SMILES string of the molecule is Clc1ccnc(OCC[C@@H]2CCCNC2)n1. The Balaban J connectivity index is 1.71. The molecule has 5 heteroatoms. The van der Waals surface area contributed by atoms with Crippen molar-refractivity contribution in [2.45, 2.75) is 19.3 Å². The first-order valence-electron chi connectivity index (χ1n) is 5.66. The minimum atomic E-state index is 0.372. The van der Waals surface area contributed by atoms with Crippen molar-refractivity contribution < 1.29 is 4.74 Å². The van der Waals surface area contributed by atoms with Gasteiger partial charge in [0.15, 0.2) is 0 Å². The van der Waals surface area contributed by atoms with Gasteiger partial charge in [-0.2, -0.15) is 4.98 Å². The number of nitrogens with zero attached hydrogens (tertiary/aromatic N) is 2. The summed E-state index contributed by atoms with van der Waals surface area (Å²) in [4.78, 5) is 7.96. The van der Waals surface area contributed by atoms with Crippen LogP contribution in [0.2, 0.25) is 5.15 Å². The average Bonchev–Trinajstić information content (AvgIpc) is 2.30. The molecule has 0 saturated carbocycles. The average molecular weight is 242 g/mol. The Morgan fingerprint density at radius 3 is 3.25 bits per heavy atom. The molecule has 1 N–H and O–H groups in total. The Bertz CT molecular complexity index is 329. The van der Waals surface area contributed by atoms with Crippen molar-refractivity contribution in [3.63, 3.8) is 0 Å². The van der Waals surface area contributed by atoms with Gasteiger partial charge in [0.2, 0.25) is 0 Å². The van der Waals surface area contributed by atoms with Crippen LogP contribution in [0.4, 0.5) is 0 Å². The lowest BCUT2D eigenvalue weighted by atomic mass is 9.97. The number of rotatable bonds is 4. The van der Waals surface area contributed by atoms with Crippen LogP contribution in [0, 0.1) is 5.92 Å². The van der Waals surface area contributed by atoms with E-state index in [9.17, 15) is 0 Å². The van der Waals surface area contributed by atoms with Crippen molar-refractivity contribution in [3.8, 4) is 6.01 Å². The van der Waals surface area contributed by atoms with E-state index in [1.807, 2.05) is 0 Å². The molecule has 4 nitrogen and oxygen atoms in total. The molecule has 1 aliphatic rings. The maximum Gasteiger partial charge on any atom is 0.317 e.